The number of nitrogens with zero attached hydrogens (tertiary/aromatic N) is 1. The van der Waals surface area contributed by atoms with Gasteiger partial charge in [-0.25, -0.2) is 0 Å². The van der Waals surface area contributed by atoms with Crippen LogP contribution in [0.5, 0.6) is 0 Å². The Hall–Kier alpha value is -7.60. The van der Waals surface area contributed by atoms with Crippen LogP contribution in [0.4, 0.5) is 11.4 Å². The summed E-state index contributed by atoms with van der Waals surface area (Å²) >= 11 is 1.89. The van der Waals surface area contributed by atoms with E-state index < -0.39 is 0 Å². The molecule has 3 nitrogen and oxygen atoms in total. The van der Waals surface area contributed by atoms with E-state index in [1.807, 2.05) is 11.3 Å². The second-order valence-electron chi connectivity index (χ2n) is 23.9. The molecule has 0 fully saturated rings. The Kier molecular flexibility index (Phi) is 9.57. The molecule has 12 aromatic rings. The predicted molar refractivity (Wildman–Crippen MR) is 318 cm³/mol. The molecule has 3 aromatic heterocycles. The molecule has 0 bridgehead atoms. The zero-order chi connectivity index (χ0) is 50.6. The van der Waals surface area contributed by atoms with Crippen LogP contribution in [0.15, 0.2) is 186 Å². The van der Waals surface area contributed by atoms with Crippen LogP contribution in [-0.2, 0) is 21.7 Å². The highest BCUT2D eigenvalue weighted by Gasteiger charge is 2.40. The van der Waals surface area contributed by atoms with Crippen molar-refractivity contribution in [2.75, 3.05) is 5.32 Å². The van der Waals surface area contributed by atoms with Crippen molar-refractivity contribution in [3.63, 3.8) is 0 Å². The molecule has 0 unspecified atom stereocenters. The number of fused-ring (bicyclic) bond motifs is 13. The maximum atomic E-state index is 7.08. The van der Waals surface area contributed by atoms with Crippen molar-refractivity contribution in [2.45, 2.75) is 84.0 Å². The minimum Gasteiger partial charge on any atom is -0.469 e. The fraction of sp³-hybridized carbons (Fsp3) is 0.188. The van der Waals surface area contributed by atoms with Gasteiger partial charge in [-0.05, 0) is 133 Å². The van der Waals surface area contributed by atoms with Crippen molar-refractivity contribution in [2.24, 2.45) is 0 Å². The number of hydrogen-bond donors (Lipinski definition) is 1. The molecule has 74 heavy (non-hydrogen) atoms. The zero-order valence-corrected chi connectivity index (χ0v) is 44.6. The lowest BCUT2D eigenvalue weighted by atomic mass is 9.62. The molecule has 0 saturated carbocycles. The van der Waals surface area contributed by atoms with Gasteiger partial charge in [-0.1, -0.05) is 183 Å². The third-order valence-corrected chi connectivity index (χ3v) is 18.2. The fourth-order valence-electron chi connectivity index (χ4n) is 12.9. The van der Waals surface area contributed by atoms with E-state index >= 15 is 0 Å². The molecule has 2 aliphatic rings. The Morgan fingerprint density at radius 1 is 0.486 bits per heavy atom. The Morgan fingerprint density at radius 2 is 1.14 bits per heavy atom. The summed E-state index contributed by atoms with van der Waals surface area (Å²) in [7, 11) is 0.677. The first-order valence-corrected chi connectivity index (χ1v) is 27.2. The van der Waals surface area contributed by atoms with Crippen molar-refractivity contribution in [3.8, 4) is 27.9 Å². The molecular formula is C69H59BN2OS. The van der Waals surface area contributed by atoms with Gasteiger partial charge in [-0.2, -0.15) is 0 Å². The minimum absolute atomic E-state index is 0.0174. The van der Waals surface area contributed by atoms with Gasteiger partial charge in [-0.15, -0.1) is 11.3 Å². The quantitative estimate of drug-likeness (QED) is 0.133. The number of nitrogens with one attached hydrogen (secondary N) is 1. The lowest BCUT2D eigenvalue weighted by Gasteiger charge is -2.33. The maximum absolute atomic E-state index is 7.08. The molecule has 1 N–H and O–H groups in total. The summed E-state index contributed by atoms with van der Waals surface area (Å²) in [6, 6.07) is 68.9. The first-order chi connectivity index (χ1) is 35.6. The molecule has 1 aliphatic carbocycles. The highest BCUT2D eigenvalue weighted by Crippen LogP contribution is 2.54. The van der Waals surface area contributed by atoms with Gasteiger partial charge in [0, 0.05) is 69.6 Å². The van der Waals surface area contributed by atoms with Gasteiger partial charge < -0.3 is 14.3 Å². The Labute approximate surface area is 438 Å². The Bertz CT molecular complexity index is 4250. The van der Waals surface area contributed by atoms with Gasteiger partial charge in [0.1, 0.15) is 5.58 Å². The van der Waals surface area contributed by atoms with E-state index in [0.717, 1.165) is 22.6 Å². The summed E-state index contributed by atoms with van der Waals surface area (Å²) in [5, 5.41) is 10.4. The normalized spacial score (nSPS) is 14.0. The molecule has 9 aromatic carbocycles. The molecule has 0 spiro atoms. The Balaban J connectivity index is 1.02. The zero-order valence-electron chi connectivity index (χ0n) is 43.8. The summed E-state index contributed by atoms with van der Waals surface area (Å²) in [6.07, 6.45) is 0. The average Bonchev–Trinajstić information content (AvgIpc) is 4.11. The summed E-state index contributed by atoms with van der Waals surface area (Å²) in [4.78, 5) is 0. The van der Waals surface area contributed by atoms with Crippen LogP contribution in [-0.4, -0.2) is 11.8 Å². The summed E-state index contributed by atoms with van der Waals surface area (Å²) in [5.74, 6) is 0. The lowest BCUT2D eigenvalue weighted by Crippen LogP contribution is -2.36. The largest absolute Gasteiger partial charge is 0.469 e. The first-order valence-electron chi connectivity index (χ1n) is 26.4. The van der Waals surface area contributed by atoms with Crippen molar-refractivity contribution >= 4 is 94.1 Å². The smallest absolute Gasteiger partial charge is 0.244 e. The highest BCUT2D eigenvalue weighted by atomic mass is 32.1. The van der Waals surface area contributed by atoms with E-state index in [2.05, 4.69) is 254 Å². The number of furan rings is 1. The molecule has 0 atom stereocenters. The van der Waals surface area contributed by atoms with Crippen LogP contribution < -0.4 is 16.4 Å². The van der Waals surface area contributed by atoms with Crippen molar-refractivity contribution in [1.82, 2.24) is 4.57 Å². The maximum Gasteiger partial charge on any atom is 0.244 e. The van der Waals surface area contributed by atoms with Crippen LogP contribution in [0.2, 0.25) is 0 Å². The van der Waals surface area contributed by atoms with Crippen LogP contribution in [0.1, 0.15) is 101 Å². The predicted octanol–water partition coefficient (Wildman–Crippen LogP) is 17.3. The standard InChI is InChI=1S/C69H59BN2OS/c1-66(2,3)40-24-28-45(29-25-40)71-57-37-50-46-30-26-44(69(9,41-18-12-10-13-19-41)42-20-14-11-15-21-42)35-55(46)68(7,8)56(50)36-51(57)48-31-32-49-52-39-61-53(47-22-16-17-23-60(47)74-61)38-58(52)72-63(49)62(48)70-65-64(72)54-34-43(67(4,5)6)27-33-59(54)73-65/h10-39,70-71H,1-9H3. The number of thiophene rings is 1. The van der Waals surface area contributed by atoms with Crippen LogP contribution in [0.25, 0.3) is 80.9 Å². The molecule has 0 amide bonds. The number of anilines is 2. The monoisotopic (exact) mass is 974 g/mol. The van der Waals surface area contributed by atoms with E-state index in [0.29, 0.717) is 7.28 Å². The van der Waals surface area contributed by atoms with Crippen LogP contribution >= 0.6 is 11.3 Å². The molecule has 5 heteroatoms. The van der Waals surface area contributed by atoms with Crippen LogP contribution in [0.3, 0.4) is 0 Å². The third-order valence-electron chi connectivity index (χ3n) is 17.1. The van der Waals surface area contributed by atoms with Gasteiger partial charge in [0.25, 0.3) is 0 Å². The van der Waals surface area contributed by atoms with E-state index in [1.165, 1.54) is 120 Å². The van der Waals surface area contributed by atoms with E-state index in [4.69, 9.17) is 4.42 Å². The van der Waals surface area contributed by atoms with Gasteiger partial charge in [0.05, 0.1) is 16.9 Å². The molecule has 4 heterocycles. The topological polar surface area (TPSA) is 30.1 Å². The number of aromatic nitrogens is 1. The SMILES string of the molecule is CC(C)(C)c1ccc(Nc2cc3c(cc2-c2ccc4c5cc6sc7ccccc7c6cc5n5c4c2Bc2oc4ccc(C(C)(C)C)cc4c2-5)C(C)(C)c2cc(C(C)(c4ccccc4)c4ccccc4)ccc2-3)cc1. The van der Waals surface area contributed by atoms with Crippen molar-refractivity contribution in [1.29, 1.82) is 0 Å². The summed E-state index contributed by atoms with van der Waals surface area (Å²) < 4.78 is 12.3. The number of rotatable bonds is 6. The molecular weight excluding hydrogens is 916 g/mol. The summed E-state index contributed by atoms with van der Waals surface area (Å²) in [5.41, 5.74) is 22.6. The summed E-state index contributed by atoms with van der Waals surface area (Å²) in [6.45, 7) is 21.0. The van der Waals surface area contributed by atoms with Gasteiger partial charge in [0.2, 0.25) is 7.28 Å². The van der Waals surface area contributed by atoms with Gasteiger partial charge in [-0.3, -0.25) is 0 Å². The average molecular weight is 975 g/mol. The third kappa shape index (κ3) is 6.58. The highest BCUT2D eigenvalue weighted by molar-refractivity contribution is 7.25. The molecule has 0 radical (unpaired) electrons. The molecule has 0 saturated heterocycles. The van der Waals surface area contributed by atoms with Crippen molar-refractivity contribution in [3.05, 3.63) is 221 Å². The van der Waals surface area contributed by atoms with E-state index in [9.17, 15) is 0 Å². The minimum atomic E-state index is -0.359. The first kappa shape index (κ1) is 45.1. The van der Waals surface area contributed by atoms with Gasteiger partial charge >= 0.3 is 0 Å². The fourth-order valence-corrected chi connectivity index (χ4v) is 14.0. The second kappa shape index (κ2) is 15.7. The van der Waals surface area contributed by atoms with Crippen molar-refractivity contribution < 1.29 is 4.42 Å². The molecule has 360 valence electrons. The van der Waals surface area contributed by atoms with E-state index in [-0.39, 0.29) is 21.7 Å². The van der Waals surface area contributed by atoms with Gasteiger partial charge in [0.15, 0.2) is 0 Å². The van der Waals surface area contributed by atoms with E-state index in [1.54, 1.807) is 0 Å². The molecule has 1 aliphatic heterocycles. The second-order valence-corrected chi connectivity index (χ2v) is 25.0. The molecule has 14 rings (SSSR count). The number of benzene rings is 9. The number of hydrogen-bond acceptors (Lipinski definition) is 3. The van der Waals surface area contributed by atoms with Crippen LogP contribution in [0, 0.1) is 0 Å². The Morgan fingerprint density at radius 3 is 1.85 bits per heavy atom. The lowest BCUT2D eigenvalue weighted by molar-refractivity contribution is 0.590.